The Morgan fingerprint density at radius 2 is 1.91 bits per heavy atom. The number of piperidine rings is 1. The monoisotopic (exact) mass is 314 g/mol. The Morgan fingerprint density at radius 1 is 1.09 bits per heavy atom. The second kappa shape index (κ2) is 6.36. The van der Waals surface area contributed by atoms with Gasteiger partial charge in [-0.05, 0) is 25.2 Å². The van der Waals surface area contributed by atoms with E-state index in [-0.39, 0.29) is 0 Å². The lowest BCUT2D eigenvalue weighted by molar-refractivity contribution is 0.311. The second-order valence-electron chi connectivity index (χ2n) is 6.17. The van der Waals surface area contributed by atoms with Crippen LogP contribution in [0.5, 0.6) is 0 Å². The highest BCUT2D eigenvalue weighted by Gasteiger charge is 2.29. The summed E-state index contributed by atoms with van der Waals surface area (Å²) in [7, 11) is 0. The van der Waals surface area contributed by atoms with Crippen molar-refractivity contribution in [3.8, 4) is 11.3 Å². The van der Waals surface area contributed by atoms with Crippen LogP contribution in [0.4, 0.5) is 5.13 Å². The molecule has 2 aliphatic heterocycles. The SMILES string of the molecule is c1ccc(-c2csc(N3CCC(C4CCNN4)CC3)n2)cc1. The second-order valence-corrected chi connectivity index (χ2v) is 7.01. The normalized spacial score (nSPS) is 23.1. The first-order valence-corrected chi connectivity index (χ1v) is 9.02. The fourth-order valence-corrected chi connectivity index (χ4v) is 4.39. The summed E-state index contributed by atoms with van der Waals surface area (Å²) < 4.78 is 0. The van der Waals surface area contributed by atoms with Crippen molar-refractivity contribution in [3.63, 3.8) is 0 Å². The number of hydrogen-bond acceptors (Lipinski definition) is 5. The molecule has 1 aromatic carbocycles. The van der Waals surface area contributed by atoms with Gasteiger partial charge >= 0.3 is 0 Å². The number of nitrogens with one attached hydrogen (secondary N) is 2. The standard InChI is InChI=1S/C17H22N4S/c1-2-4-13(5-3-1)16-12-22-17(19-16)21-10-7-14(8-11-21)15-6-9-18-20-15/h1-5,12,14-15,18,20H,6-11H2. The Hall–Kier alpha value is -1.43. The molecule has 2 N–H and O–H groups in total. The van der Waals surface area contributed by atoms with Gasteiger partial charge in [-0.15, -0.1) is 11.3 Å². The van der Waals surface area contributed by atoms with E-state index in [1.54, 1.807) is 11.3 Å². The van der Waals surface area contributed by atoms with Gasteiger partial charge < -0.3 is 4.90 Å². The van der Waals surface area contributed by atoms with Crippen LogP contribution in [0.2, 0.25) is 0 Å². The molecule has 4 rings (SSSR count). The molecule has 22 heavy (non-hydrogen) atoms. The zero-order chi connectivity index (χ0) is 14.8. The number of thiazole rings is 1. The van der Waals surface area contributed by atoms with Crippen molar-refractivity contribution in [3.05, 3.63) is 35.7 Å². The van der Waals surface area contributed by atoms with Gasteiger partial charge in [0.1, 0.15) is 0 Å². The first-order valence-electron chi connectivity index (χ1n) is 8.14. The zero-order valence-electron chi connectivity index (χ0n) is 12.7. The fourth-order valence-electron chi connectivity index (χ4n) is 3.50. The Bertz CT molecular complexity index is 598. The van der Waals surface area contributed by atoms with Crippen molar-refractivity contribution in [2.75, 3.05) is 24.5 Å². The molecule has 0 amide bonds. The number of nitrogens with zero attached hydrogens (tertiary/aromatic N) is 2. The van der Waals surface area contributed by atoms with Crippen molar-refractivity contribution in [2.24, 2.45) is 5.92 Å². The van der Waals surface area contributed by atoms with Gasteiger partial charge in [0.15, 0.2) is 5.13 Å². The molecule has 2 saturated heterocycles. The lowest BCUT2D eigenvalue weighted by Gasteiger charge is -2.34. The minimum Gasteiger partial charge on any atom is -0.348 e. The van der Waals surface area contributed by atoms with Gasteiger partial charge in [-0.3, -0.25) is 10.9 Å². The van der Waals surface area contributed by atoms with Crippen LogP contribution in [0.15, 0.2) is 35.7 Å². The van der Waals surface area contributed by atoms with E-state index in [0.717, 1.165) is 31.2 Å². The molecule has 116 valence electrons. The first kappa shape index (κ1) is 14.2. The number of anilines is 1. The molecule has 5 heteroatoms. The summed E-state index contributed by atoms with van der Waals surface area (Å²) in [6.45, 7) is 3.37. The van der Waals surface area contributed by atoms with Crippen LogP contribution in [0.25, 0.3) is 11.3 Å². The summed E-state index contributed by atoms with van der Waals surface area (Å²) in [6.07, 6.45) is 3.79. The summed E-state index contributed by atoms with van der Waals surface area (Å²) >= 11 is 1.77. The fraction of sp³-hybridized carbons (Fsp3) is 0.471. The highest BCUT2D eigenvalue weighted by atomic mass is 32.1. The molecule has 0 saturated carbocycles. The van der Waals surface area contributed by atoms with Crippen LogP contribution in [-0.2, 0) is 0 Å². The first-order chi connectivity index (χ1) is 10.9. The van der Waals surface area contributed by atoms with Crippen LogP contribution in [-0.4, -0.2) is 30.7 Å². The van der Waals surface area contributed by atoms with Gasteiger partial charge in [-0.1, -0.05) is 30.3 Å². The molecule has 4 nitrogen and oxygen atoms in total. The number of hydrazine groups is 1. The molecular weight excluding hydrogens is 292 g/mol. The molecule has 0 spiro atoms. The van der Waals surface area contributed by atoms with Crippen LogP contribution in [0, 0.1) is 5.92 Å². The van der Waals surface area contributed by atoms with Gasteiger partial charge in [0.05, 0.1) is 5.69 Å². The molecule has 3 heterocycles. The van der Waals surface area contributed by atoms with E-state index in [2.05, 4.69) is 45.4 Å². The molecule has 0 bridgehead atoms. The maximum absolute atomic E-state index is 4.84. The summed E-state index contributed by atoms with van der Waals surface area (Å²) in [5.41, 5.74) is 9.00. The van der Waals surface area contributed by atoms with Gasteiger partial charge in [-0.2, -0.15) is 0 Å². The van der Waals surface area contributed by atoms with E-state index in [1.165, 1.54) is 30.0 Å². The van der Waals surface area contributed by atoms with Crippen molar-refractivity contribution < 1.29 is 0 Å². The van der Waals surface area contributed by atoms with Gasteiger partial charge in [0.2, 0.25) is 0 Å². The molecule has 0 radical (unpaired) electrons. The number of rotatable bonds is 3. The predicted molar refractivity (Wildman–Crippen MR) is 92.0 cm³/mol. The van der Waals surface area contributed by atoms with Crippen LogP contribution in [0.1, 0.15) is 19.3 Å². The quantitative estimate of drug-likeness (QED) is 0.914. The van der Waals surface area contributed by atoms with E-state index >= 15 is 0 Å². The van der Waals surface area contributed by atoms with Crippen LogP contribution < -0.4 is 15.8 Å². The Balaban J connectivity index is 1.40. The largest absolute Gasteiger partial charge is 0.348 e. The van der Waals surface area contributed by atoms with Gasteiger partial charge in [-0.25, -0.2) is 4.98 Å². The minimum atomic E-state index is 0.665. The summed E-state index contributed by atoms with van der Waals surface area (Å²) in [6, 6.07) is 11.1. The molecule has 0 aliphatic carbocycles. The Kier molecular flexibility index (Phi) is 4.10. The van der Waals surface area contributed by atoms with Crippen molar-refractivity contribution >= 4 is 16.5 Å². The topological polar surface area (TPSA) is 40.2 Å². The third-order valence-corrected chi connectivity index (χ3v) is 5.71. The van der Waals surface area contributed by atoms with Gasteiger partial charge in [0, 0.05) is 36.6 Å². The lowest BCUT2D eigenvalue weighted by Crippen LogP contribution is -2.42. The molecule has 1 unspecified atom stereocenters. The lowest BCUT2D eigenvalue weighted by atomic mass is 9.89. The number of benzene rings is 1. The van der Waals surface area contributed by atoms with E-state index in [1.807, 2.05) is 6.07 Å². The highest BCUT2D eigenvalue weighted by Crippen LogP contribution is 2.31. The van der Waals surface area contributed by atoms with Crippen molar-refractivity contribution in [2.45, 2.75) is 25.3 Å². The molecule has 1 atom stereocenters. The highest BCUT2D eigenvalue weighted by molar-refractivity contribution is 7.14. The number of hydrogen-bond donors (Lipinski definition) is 2. The summed E-state index contributed by atoms with van der Waals surface area (Å²) in [4.78, 5) is 7.30. The van der Waals surface area contributed by atoms with Crippen LogP contribution in [0.3, 0.4) is 0 Å². The van der Waals surface area contributed by atoms with E-state index in [9.17, 15) is 0 Å². The molecule has 2 aromatic rings. The summed E-state index contributed by atoms with van der Waals surface area (Å²) in [5, 5.41) is 3.36. The Labute approximate surface area is 135 Å². The molecular formula is C17H22N4S. The minimum absolute atomic E-state index is 0.665. The molecule has 2 fully saturated rings. The van der Waals surface area contributed by atoms with Crippen molar-refractivity contribution in [1.29, 1.82) is 0 Å². The molecule has 2 aliphatic rings. The maximum Gasteiger partial charge on any atom is 0.185 e. The third kappa shape index (κ3) is 2.89. The third-order valence-electron chi connectivity index (χ3n) is 4.81. The average molecular weight is 314 g/mol. The molecule has 1 aromatic heterocycles. The van der Waals surface area contributed by atoms with Gasteiger partial charge in [0.25, 0.3) is 0 Å². The number of aromatic nitrogens is 1. The van der Waals surface area contributed by atoms with E-state index < -0.39 is 0 Å². The van der Waals surface area contributed by atoms with Crippen molar-refractivity contribution in [1.82, 2.24) is 15.8 Å². The predicted octanol–water partition coefficient (Wildman–Crippen LogP) is 2.89. The zero-order valence-corrected chi connectivity index (χ0v) is 13.5. The average Bonchev–Trinajstić information content (AvgIpc) is 3.28. The van der Waals surface area contributed by atoms with Crippen LogP contribution >= 0.6 is 11.3 Å². The van der Waals surface area contributed by atoms with E-state index in [4.69, 9.17) is 4.98 Å². The maximum atomic E-state index is 4.84. The smallest absolute Gasteiger partial charge is 0.185 e. The Morgan fingerprint density at radius 3 is 2.64 bits per heavy atom. The van der Waals surface area contributed by atoms with E-state index in [0.29, 0.717) is 6.04 Å². The summed E-state index contributed by atoms with van der Waals surface area (Å²) in [5.74, 6) is 0.805.